The van der Waals surface area contributed by atoms with E-state index in [0.29, 0.717) is 37.5 Å². The molecule has 0 unspecified atom stereocenters. The highest BCUT2D eigenvalue weighted by molar-refractivity contribution is 5.92. The van der Waals surface area contributed by atoms with Crippen LogP contribution in [0.25, 0.3) is 0 Å². The first-order chi connectivity index (χ1) is 10.5. The number of H-pyrrole nitrogens is 1. The van der Waals surface area contributed by atoms with E-state index in [4.69, 9.17) is 0 Å². The molecule has 120 valence electrons. The molecular weight excluding hydrogens is 285 g/mol. The topological polar surface area (TPSA) is 66.1 Å². The zero-order chi connectivity index (χ0) is 15.9. The Balaban J connectivity index is 1.55. The Morgan fingerprint density at radius 1 is 1.50 bits per heavy atom. The van der Waals surface area contributed by atoms with E-state index in [1.807, 2.05) is 13.8 Å². The number of hydrogen-bond acceptors (Lipinski definition) is 3. The van der Waals surface area contributed by atoms with Gasteiger partial charge >= 0.3 is 0 Å². The number of aromatic nitrogens is 2. The molecule has 1 aliphatic heterocycles. The average molecular weight is 307 g/mol. The normalized spacial score (nSPS) is 27.5. The predicted molar refractivity (Wildman–Crippen MR) is 79.3 cm³/mol. The summed E-state index contributed by atoms with van der Waals surface area (Å²) in [5.41, 5.74) is 1.37. The van der Waals surface area contributed by atoms with Gasteiger partial charge in [0, 0.05) is 25.2 Å². The third-order valence-electron chi connectivity index (χ3n) is 4.63. The lowest BCUT2D eigenvalue weighted by molar-refractivity contribution is -0.121. The summed E-state index contributed by atoms with van der Waals surface area (Å²) in [4.78, 5) is 26.0. The SMILES string of the molecule is CC(C)c1cc(C(=O)N2CC[C@@H](CC(=O)[C@H]3C[C@@H]3F)C2)n[nH]1. The van der Waals surface area contributed by atoms with Crippen LogP contribution >= 0.6 is 0 Å². The maximum atomic E-state index is 12.9. The number of alkyl halides is 1. The lowest BCUT2D eigenvalue weighted by Crippen LogP contribution is -2.29. The summed E-state index contributed by atoms with van der Waals surface area (Å²) < 4.78 is 12.9. The molecule has 2 fully saturated rings. The lowest BCUT2D eigenvalue weighted by atomic mass is 9.99. The highest BCUT2D eigenvalue weighted by Crippen LogP contribution is 2.37. The maximum absolute atomic E-state index is 12.9. The van der Waals surface area contributed by atoms with Crippen LogP contribution in [0.4, 0.5) is 4.39 Å². The van der Waals surface area contributed by atoms with Gasteiger partial charge in [-0.05, 0) is 30.7 Å². The van der Waals surface area contributed by atoms with Gasteiger partial charge in [0.2, 0.25) is 0 Å². The minimum absolute atomic E-state index is 0.0219. The molecule has 3 rings (SSSR count). The largest absolute Gasteiger partial charge is 0.337 e. The number of carbonyl (C=O) groups excluding carboxylic acids is 2. The molecule has 6 heteroatoms. The van der Waals surface area contributed by atoms with E-state index in [1.165, 1.54) is 0 Å². The van der Waals surface area contributed by atoms with E-state index in [0.717, 1.165) is 12.1 Å². The molecule has 1 aliphatic carbocycles. The molecule has 1 N–H and O–H groups in total. The van der Waals surface area contributed by atoms with Crippen LogP contribution in [0, 0.1) is 11.8 Å². The van der Waals surface area contributed by atoms with Crippen LogP contribution in [0.2, 0.25) is 0 Å². The summed E-state index contributed by atoms with van der Waals surface area (Å²) in [6.07, 6.45) is 0.666. The third-order valence-corrected chi connectivity index (χ3v) is 4.63. The van der Waals surface area contributed by atoms with Crippen molar-refractivity contribution >= 4 is 11.7 Å². The molecule has 2 heterocycles. The molecule has 1 saturated carbocycles. The lowest BCUT2D eigenvalue weighted by Gasteiger charge is -2.14. The molecule has 5 nitrogen and oxygen atoms in total. The van der Waals surface area contributed by atoms with Crippen molar-refractivity contribution in [3.05, 3.63) is 17.5 Å². The highest BCUT2D eigenvalue weighted by Gasteiger charge is 2.44. The van der Waals surface area contributed by atoms with Crippen LogP contribution in [-0.4, -0.2) is 46.0 Å². The quantitative estimate of drug-likeness (QED) is 0.908. The van der Waals surface area contributed by atoms with Crippen LogP contribution in [0.3, 0.4) is 0 Å². The van der Waals surface area contributed by atoms with Gasteiger partial charge in [0.25, 0.3) is 5.91 Å². The number of amides is 1. The van der Waals surface area contributed by atoms with Gasteiger partial charge in [-0.2, -0.15) is 5.10 Å². The fourth-order valence-corrected chi connectivity index (χ4v) is 3.02. The van der Waals surface area contributed by atoms with Gasteiger partial charge in [0.15, 0.2) is 0 Å². The van der Waals surface area contributed by atoms with Crippen LogP contribution in [0.1, 0.15) is 55.2 Å². The van der Waals surface area contributed by atoms with E-state index in [2.05, 4.69) is 10.2 Å². The monoisotopic (exact) mass is 307 g/mol. The number of aromatic amines is 1. The van der Waals surface area contributed by atoms with Crippen molar-refractivity contribution in [3.8, 4) is 0 Å². The maximum Gasteiger partial charge on any atom is 0.274 e. The number of nitrogens with zero attached hydrogens (tertiary/aromatic N) is 2. The highest BCUT2D eigenvalue weighted by atomic mass is 19.1. The second-order valence-electron chi connectivity index (χ2n) is 6.80. The Bertz CT molecular complexity index is 584. The molecule has 0 bridgehead atoms. The first-order valence-electron chi connectivity index (χ1n) is 7.97. The first-order valence-corrected chi connectivity index (χ1v) is 7.97. The Morgan fingerprint density at radius 2 is 2.23 bits per heavy atom. The number of carbonyl (C=O) groups is 2. The van der Waals surface area contributed by atoms with Crippen molar-refractivity contribution in [2.24, 2.45) is 11.8 Å². The molecule has 0 aromatic carbocycles. The number of likely N-dealkylation sites (tertiary alicyclic amines) is 1. The van der Waals surface area contributed by atoms with Crippen LogP contribution in [0.5, 0.6) is 0 Å². The van der Waals surface area contributed by atoms with E-state index in [1.54, 1.807) is 11.0 Å². The van der Waals surface area contributed by atoms with Crippen molar-refractivity contribution in [1.82, 2.24) is 15.1 Å². The van der Waals surface area contributed by atoms with E-state index < -0.39 is 6.17 Å². The minimum atomic E-state index is -0.926. The summed E-state index contributed by atoms with van der Waals surface area (Å²) >= 11 is 0. The van der Waals surface area contributed by atoms with E-state index in [-0.39, 0.29) is 23.5 Å². The van der Waals surface area contributed by atoms with Gasteiger partial charge in [0.05, 0.1) is 5.92 Å². The molecule has 3 atom stereocenters. The standard InChI is InChI=1S/C16H22FN3O2/c1-9(2)13-7-14(19-18-13)16(22)20-4-3-10(8-20)5-15(21)11-6-12(11)17/h7,9-12H,3-6,8H2,1-2H3,(H,18,19)/t10-,11-,12-/m0/s1. The molecule has 0 spiro atoms. The fourth-order valence-electron chi connectivity index (χ4n) is 3.02. The molecule has 0 radical (unpaired) electrons. The molecule has 1 aromatic heterocycles. The summed E-state index contributed by atoms with van der Waals surface area (Å²) in [6, 6.07) is 1.80. The van der Waals surface area contributed by atoms with Gasteiger partial charge < -0.3 is 4.90 Å². The fraction of sp³-hybridized carbons (Fsp3) is 0.688. The smallest absolute Gasteiger partial charge is 0.274 e. The average Bonchev–Trinajstić information content (AvgIpc) is 2.93. The Hall–Kier alpha value is -1.72. The van der Waals surface area contributed by atoms with Gasteiger partial charge in [0.1, 0.15) is 17.6 Å². The summed E-state index contributed by atoms with van der Waals surface area (Å²) in [5, 5.41) is 6.97. The van der Waals surface area contributed by atoms with Crippen molar-refractivity contribution < 1.29 is 14.0 Å². The van der Waals surface area contributed by atoms with E-state index >= 15 is 0 Å². The summed E-state index contributed by atoms with van der Waals surface area (Å²) in [7, 11) is 0. The van der Waals surface area contributed by atoms with Gasteiger partial charge in [-0.25, -0.2) is 4.39 Å². The first kappa shape index (κ1) is 15.2. The Labute approximate surface area is 129 Å². The number of hydrogen-bond donors (Lipinski definition) is 1. The van der Waals surface area contributed by atoms with Crippen molar-refractivity contribution in [2.75, 3.05) is 13.1 Å². The van der Waals surface area contributed by atoms with Gasteiger partial charge in [-0.3, -0.25) is 14.7 Å². The minimum Gasteiger partial charge on any atom is -0.337 e. The zero-order valence-corrected chi connectivity index (χ0v) is 13.0. The number of halogens is 1. The number of rotatable bonds is 5. The Kier molecular flexibility index (Phi) is 4.02. The van der Waals surface area contributed by atoms with Crippen molar-refractivity contribution in [1.29, 1.82) is 0 Å². The summed E-state index contributed by atoms with van der Waals surface area (Å²) in [6.45, 7) is 5.28. The molecule has 2 aliphatic rings. The van der Waals surface area contributed by atoms with Crippen LogP contribution in [0.15, 0.2) is 6.07 Å². The van der Waals surface area contributed by atoms with E-state index in [9.17, 15) is 14.0 Å². The molecular formula is C16H22FN3O2. The summed E-state index contributed by atoms with van der Waals surface area (Å²) in [5.74, 6) is 0.0178. The number of ketones is 1. The number of Topliss-reactive ketones (excluding diaryl/α,β-unsaturated/α-hetero) is 1. The van der Waals surface area contributed by atoms with Gasteiger partial charge in [-0.15, -0.1) is 0 Å². The van der Waals surface area contributed by atoms with Crippen LogP contribution in [-0.2, 0) is 4.79 Å². The molecule has 1 aromatic rings. The molecule has 22 heavy (non-hydrogen) atoms. The van der Waals surface area contributed by atoms with Crippen LogP contribution < -0.4 is 0 Å². The second-order valence-corrected chi connectivity index (χ2v) is 6.80. The molecule has 1 amide bonds. The Morgan fingerprint density at radius 3 is 2.82 bits per heavy atom. The van der Waals surface area contributed by atoms with Crippen molar-refractivity contribution in [3.63, 3.8) is 0 Å². The number of nitrogens with one attached hydrogen (secondary N) is 1. The third kappa shape index (κ3) is 3.05. The molecule has 1 saturated heterocycles. The van der Waals surface area contributed by atoms with Gasteiger partial charge in [-0.1, -0.05) is 13.8 Å². The van der Waals surface area contributed by atoms with Crippen molar-refractivity contribution in [2.45, 2.75) is 45.2 Å². The second kappa shape index (κ2) is 5.82. The zero-order valence-electron chi connectivity index (χ0n) is 13.0. The predicted octanol–water partition coefficient (Wildman–Crippen LogP) is 2.31.